The van der Waals surface area contributed by atoms with Gasteiger partial charge in [-0.3, -0.25) is 4.79 Å². The van der Waals surface area contributed by atoms with Crippen LogP contribution in [0.15, 0.2) is 0 Å². The number of unbranched alkanes of at least 4 members (excludes halogenated alkanes) is 1. The Labute approximate surface area is 65.3 Å². The van der Waals surface area contributed by atoms with E-state index in [1.165, 1.54) is 0 Å². The third-order valence-corrected chi connectivity index (χ3v) is 1.25. The highest BCUT2D eigenvalue weighted by atomic mass is 16.2. The first kappa shape index (κ1) is 9.90. The molecule has 4 N–H and O–H groups in total. The summed E-state index contributed by atoms with van der Waals surface area (Å²) in [5.74, 6) is 4.58. The first-order valence-corrected chi connectivity index (χ1v) is 3.46. The number of carbonyl (C=O) groups is 2. The molecule has 0 aromatic heterocycles. The van der Waals surface area contributed by atoms with Gasteiger partial charge in [0.1, 0.15) is 0 Å². The number of primary amides is 1. The van der Waals surface area contributed by atoms with Gasteiger partial charge in [0.2, 0.25) is 5.91 Å². The predicted molar refractivity (Wildman–Crippen MR) is 40.1 cm³/mol. The summed E-state index contributed by atoms with van der Waals surface area (Å²) in [5, 5.41) is 0.440. The van der Waals surface area contributed by atoms with Gasteiger partial charge in [-0.25, -0.2) is 10.6 Å². The Morgan fingerprint density at radius 1 is 1.45 bits per heavy atom. The van der Waals surface area contributed by atoms with Crippen molar-refractivity contribution >= 4 is 11.9 Å². The smallest absolute Gasteiger partial charge is 0.336 e. The van der Waals surface area contributed by atoms with Crippen molar-refractivity contribution in [3.63, 3.8) is 0 Å². The molecule has 3 amide bonds. The molecule has 0 unspecified atom stereocenters. The van der Waals surface area contributed by atoms with Gasteiger partial charge in [-0.15, -0.1) is 0 Å². The third-order valence-electron chi connectivity index (χ3n) is 1.25. The molecule has 0 aliphatic carbocycles. The zero-order chi connectivity index (χ0) is 8.85. The Morgan fingerprint density at radius 3 is 2.36 bits per heavy atom. The molecule has 0 aliphatic rings. The van der Waals surface area contributed by atoms with Crippen molar-refractivity contribution in [2.24, 2.45) is 11.6 Å². The topological polar surface area (TPSA) is 89.4 Å². The molecule has 5 heteroatoms. The van der Waals surface area contributed by atoms with Crippen LogP contribution in [0.25, 0.3) is 0 Å². The molecule has 0 atom stereocenters. The molecular weight excluding hydrogens is 146 g/mol. The van der Waals surface area contributed by atoms with Gasteiger partial charge < -0.3 is 5.73 Å². The molecule has 0 aromatic carbocycles. The van der Waals surface area contributed by atoms with Crippen molar-refractivity contribution in [1.29, 1.82) is 0 Å². The first-order chi connectivity index (χ1) is 5.09. The first-order valence-electron chi connectivity index (χ1n) is 3.46. The van der Waals surface area contributed by atoms with Gasteiger partial charge in [0, 0.05) is 6.42 Å². The fourth-order valence-corrected chi connectivity index (χ4v) is 0.571. The molecule has 0 radical (unpaired) electrons. The number of carbonyl (C=O) groups excluding carboxylic acids is 2. The molecule has 0 heterocycles. The predicted octanol–water partition coefficient (Wildman–Crippen LogP) is -0.0424. The van der Waals surface area contributed by atoms with E-state index in [2.05, 4.69) is 0 Å². The molecule has 0 aliphatic heterocycles. The van der Waals surface area contributed by atoms with E-state index in [9.17, 15) is 9.59 Å². The van der Waals surface area contributed by atoms with Crippen LogP contribution >= 0.6 is 0 Å². The highest BCUT2D eigenvalue weighted by Gasteiger charge is 2.12. The van der Waals surface area contributed by atoms with Crippen LogP contribution < -0.4 is 11.6 Å². The number of hydrogen-bond donors (Lipinski definition) is 2. The number of nitrogens with zero attached hydrogens (tertiary/aromatic N) is 1. The maximum atomic E-state index is 10.8. The summed E-state index contributed by atoms with van der Waals surface area (Å²) in [6.07, 6.45) is 1.88. The second-order valence-corrected chi connectivity index (χ2v) is 2.21. The molecule has 11 heavy (non-hydrogen) atoms. The van der Waals surface area contributed by atoms with Crippen LogP contribution in [0.2, 0.25) is 0 Å². The summed E-state index contributed by atoms with van der Waals surface area (Å²) < 4.78 is 0. The normalized spacial score (nSPS) is 9.27. The van der Waals surface area contributed by atoms with Crippen LogP contribution in [-0.4, -0.2) is 16.9 Å². The summed E-state index contributed by atoms with van der Waals surface area (Å²) in [7, 11) is 0. The average molecular weight is 159 g/mol. The largest absolute Gasteiger partial charge is 0.350 e. The molecule has 0 fully saturated rings. The number of amides is 3. The van der Waals surface area contributed by atoms with Crippen molar-refractivity contribution < 1.29 is 9.59 Å². The highest BCUT2D eigenvalue weighted by molar-refractivity contribution is 5.92. The second-order valence-electron chi connectivity index (χ2n) is 2.21. The van der Waals surface area contributed by atoms with Crippen LogP contribution in [0.3, 0.4) is 0 Å². The lowest BCUT2D eigenvalue weighted by Gasteiger charge is -2.10. The maximum Gasteiger partial charge on any atom is 0.336 e. The van der Waals surface area contributed by atoms with Gasteiger partial charge in [-0.1, -0.05) is 13.3 Å². The molecule has 64 valence electrons. The van der Waals surface area contributed by atoms with Crippen molar-refractivity contribution in [2.45, 2.75) is 26.2 Å². The molecule has 0 spiro atoms. The molecule has 5 nitrogen and oxygen atoms in total. The van der Waals surface area contributed by atoms with Crippen LogP contribution in [0.5, 0.6) is 0 Å². The van der Waals surface area contributed by atoms with Gasteiger partial charge in [0.25, 0.3) is 0 Å². The second kappa shape index (κ2) is 4.68. The minimum absolute atomic E-state index is 0.274. The van der Waals surface area contributed by atoms with E-state index in [0.717, 1.165) is 12.8 Å². The summed E-state index contributed by atoms with van der Waals surface area (Å²) in [5.41, 5.74) is 4.75. The number of imide groups is 1. The standard InChI is InChI=1S/C6H13N3O2/c1-2-3-4-5(10)9(8)6(7)11/h2-4,8H2,1H3,(H2,7,11). The molecule has 0 aromatic rings. The van der Waals surface area contributed by atoms with Crippen LogP contribution in [0.1, 0.15) is 26.2 Å². The Bertz CT molecular complexity index is 158. The van der Waals surface area contributed by atoms with E-state index in [4.69, 9.17) is 11.6 Å². The van der Waals surface area contributed by atoms with Gasteiger partial charge in [0.15, 0.2) is 0 Å². The SMILES string of the molecule is CCCCC(=O)N(N)C(N)=O. The number of hydrazine groups is 1. The average Bonchev–Trinajstić information content (AvgIpc) is 1.98. The van der Waals surface area contributed by atoms with E-state index in [-0.39, 0.29) is 6.42 Å². The third kappa shape index (κ3) is 3.57. The lowest BCUT2D eigenvalue weighted by atomic mass is 10.2. The Hall–Kier alpha value is -1.10. The minimum Gasteiger partial charge on any atom is -0.350 e. The summed E-state index contributed by atoms with van der Waals surface area (Å²) in [6.45, 7) is 1.94. The number of rotatable bonds is 3. The lowest BCUT2D eigenvalue weighted by molar-refractivity contribution is -0.128. The Balaban J connectivity index is 3.74. The van der Waals surface area contributed by atoms with E-state index in [1.54, 1.807) is 0 Å². The zero-order valence-corrected chi connectivity index (χ0v) is 6.54. The minimum atomic E-state index is -0.911. The Morgan fingerprint density at radius 2 is 2.00 bits per heavy atom. The fourth-order valence-electron chi connectivity index (χ4n) is 0.571. The van der Waals surface area contributed by atoms with Crippen LogP contribution in [0.4, 0.5) is 4.79 Å². The lowest BCUT2D eigenvalue weighted by Crippen LogP contribution is -2.45. The quantitative estimate of drug-likeness (QED) is 0.344. The maximum absolute atomic E-state index is 10.8. The number of nitrogens with two attached hydrogens (primary N) is 2. The van der Waals surface area contributed by atoms with Crippen molar-refractivity contribution in [1.82, 2.24) is 5.01 Å². The van der Waals surface area contributed by atoms with Gasteiger partial charge in [-0.05, 0) is 6.42 Å². The number of hydrogen-bond acceptors (Lipinski definition) is 3. The highest BCUT2D eigenvalue weighted by Crippen LogP contribution is 1.96. The molecule has 0 saturated heterocycles. The van der Waals surface area contributed by atoms with Gasteiger partial charge in [-0.2, -0.15) is 5.01 Å². The molecular formula is C6H13N3O2. The van der Waals surface area contributed by atoms with Gasteiger partial charge >= 0.3 is 6.03 Å². The van der Waals surface area contributed by atoms with Crippen LogP contribution in [-0.2, 0) is 4.79 Å². The molecule has 0 rings (SSSR count). The van der Waals surface area contributed by atoms with E-state index in [1.807, 2.05) is 6.92 Å². The van der Waals surface area contributed by atoms with E-state index >= 15 is 0 Å². The fraction of sp³-hybridized carbons (Fsp3) is 0.667. The van der Waals surface area contributed by atoms with Gasteiger partial charge in [0.05, 0.1) is 0 Å². The van der Waals surface area contributed by atoms with Crippen molar-refractivity contribution in [2.75, 3.05) is 0 Å². The summed E-state index contributed by atoms with van der Waals surface area (Å²) >= 11 is 0. The van der Waals surface area contributed by atoms with E-state index in [0.29, 0.717) is 5.01 Å². The van der Waals surface area contributed by atoms with E-state index < -0.39 is 11.9 Å². The summed E-state index contributed by atoms with van der Waals surface area (Å²) in [6, 6.07) is -0.911. The zero-order valence-electron chi connectivity index (χ0n) is 6.54. The van der Waals surface area contributed by atoms with Crippen molar-refractivity contribution in [3.05, 3.63) is 0 Å². The Kier molecular flexibility index (Phi) is 4.21. The molecule has 0 saturated carbocycles. The molecule has 0 bridgehead atoms. The summed E-state index contributed by atoms with van der Waals surface area (Å²) in [4.78, 5) is 21.1. The monoisotopic (exact) mass is 159 g/mol. The number of urea groups is 1. The van der Waals surface area contributed by atoms with Crippen LogP contribution in [0, 0.1) is 0 Å². The van der Waals surface area contributed by atoms with Crippen molar-refractivity contribution in [3.8, 4) is 0 Å².